The van der Waals surface area contributed by atoms with Gasteiger partial charge in [-0.15, -0.1) is 0 Å². The maximum Gasteiger partial charge on any atom is 0.319 e. The van der Waals surface area contributed by atoms with Crippen molar-refractivity contribution < 1.29 is 18.3 Å². The molecule has 0 unspecified atom stereocenters. The molecular formula is C27H34F2N4O2. The first-order valence-electron chi connectivity index (χ1n) is 11.9. The van der Waals surface area contributed by atoms with E-state index in [9.17, 15) is 9.18 Å². The zero-order valence-electron chi connectivity index (χ0n) is 20.6. The van der Waals surface area contributed by atoms with E-state index in [2.05, 4.69) is 27.5 Å². The summed E-state index contributed by atoms with van der Waals surface area (Å²) in [6.45, 7) is 8.93. The SMILES string of the molecule is C=C(Nc1ccc(NC(=O)NCCC(C)(C)F)cc1)c1c(F)cc(OC2CCCC2)cc1N=CC. The lowest BCUT2D eigenvalue weighted by Gasteiger charge is -2.17. The number of aliphatic imine (C=N–C) groups is 1. The highest BCUT2D eigenvalue weighted by atomic mass is 19.1. The van der Waals surface area contributed by atoms with Crippen LogP contribution in [-0.2, 0) is 0 Å². The minimum atomic E-state index is -1.34. The van der Waals surface area contributed by atoms with Crippen molar-refractivity contribution in [2.45, 2.75) is 64.6 Å². The third kappa shape index (κ3) is 8.09. The summed E-state index contributed by atoms with van der Waals surface area (Å²) in [7, 11) is 0. The predicted octanol–water partition coefficient (Wildman–Crippen LogP) is 7.21. The smallest absolute Gasteiger partial charge is 0.319 e. The van der Waals surface area contributed by atoms with E-state index in [-0.39, 0.29) is 24.6 Å². The van der Waals surface area contributed by atoms with Crippen molar-refractivity contribution in [1.29, 1.82) is 0 Å². The van der Waals surface area contributed by atoms with Gasteiger partial charge in [0.15, 0.2) is 0 Å². The fraction of sp³-hybridized carbons (Fsp3) is 0.407. The molecule has 3 N–H and O–H groups in total. The maximum absolute atomic E-state index is 15.1. The number of halogens is 2. The molecule has 2 amide bonds. The monoisotopic (exact) mass is 484 g/mol. The van der Waals surface area contributed by atoms with Crippen molar-refractivity contribution in [2.75, 3.05) is 17.2 Å². The Kier molecular flexibility index (Phi) is 8.84. The summed E-state index contributed by atoms with van der Waals surface area (Å²) in [4.78, 5) is 16.3. The van der Waals surface area contributed by atoms with E-state index in [1.165, 1.54) is 19.9 Å². The number of nitrogens with zero attached hydrogens (tertiary/aromatic N) is 1. The van der Waals surface area contributed by atoms with E-state index in [1.807, 2.05) is 0 Å². The average molecular weight is 485 g/mol. The molecule has 1 fully saturated rings. The van der Waals surface area contributed by atoms with Gasteiger partial charge in [-0.05, 0) is 77.1 Å². The normalized spacial score (nSPS) is 14.2. The standard InChI is InChI=1S/C27H34F2N4O2/c1-5-30-24-17-22(35-21-8-6-7-9-21)16-23(28)25(24)18(2)32-19-10-12-20(13-11-19)33-26(34)31-15-14-27(3,4)29/h5,10-13,16-17,21,32H,2,6-9,14-15H2,1,3-4H3,(H2,31,33,34). The molecule has 0 heterocycles. The van der Waals surface area contributed by atoms with Gasteiger partial charge >= 0.3 is 6.03 Å². The van der Waals surface area contributed by atoms with Crippen LogP contribution in [-0.4, -0.2) is 30.6 Å². The lowest BCUT2D eigenvalue weighted by molar-refractivity contribution is 0.200. The number of carbonyl (C=O) groups is 1. The fourth-order valence-corrected chi connectivity index (χ4v) is 3.90. The summed E-state index contributed by atoms with van der Waals surface area (Å²) < 4.78 is 34.6. The van der Waals surface area contributed by atoms with Crippen LogP contribution in [0.1, 0.15) is 58.4 Å². The summed E-state index contributed by atoms with van der Waals surface area (Å²) in [6, 6.07) is 9.59. The first kappa shape index (κ1) is 26.2. The van der Waals surface area contributed by atoms with Crippen LogP contribution in [0.2, 0.25) is 0 Å². The van der Waals surface area contributed by atoms with Crippen molar-refractivity contribution in [1.82, 2.24) is 5.32 Å². The molecule has 6 nitrogen and oxygen atoms in total. The van der Waals surface area contributed by atoms with Gasteiger partial charge in [-0.3, -0.25) is 4.99 Å². The quantitative estimate of drug-likeness (QED) is 0.312. The van der Waals surface area contributed by atoms with Gasteiger partial charge in [0, 0.05) is 42.0 Å². The molecule has 0 bridgehead atoms. The number of rotatable bonds is 10. The summed E-state index contributed by atoms with van der Waals surface area (Å²) in [5.41, 5.74) is 0.936. The van der Waals surface area contributed by atoms with Crippen LogP contribution in [0.4, 0.5) is 30.6 Å². The molecule has 8 heteroatoms. The number of carbonyl (C=O) groups excluding carboxylic acids is 1. The van der Waals surface area contributed by atoms with Crippen molar-refractivity contribution >= 4 is 35.0 Å². The Bertz CT molecular complexity index is 1060. The van der Waals surface area contributed by atoms with E-state index in [4.69, 9.17) is 4.74 Å². The first-order chi connectivity index (χ1) is 16.6. The third-order valence-electron chi connectivity index (χ3n) is 5.66. The minimum Gasteiger partial charge on any atom is -0.490 e. The molecule has 188 valence electrons. The maximum atomic E-state index is 15.1. The van der Waals surface area contributed by atoms with Gasteiger partial charge in [0.1, 0.15) is 17.2 Å². The Balaban J connectivity index is 1.64. The average Bonchev–Trinajstić information content (AvgIpc) is 3.27. The Hall–Kier alpha value is -3.42. The highest BCUT2D eigenvalue weighted by molar-refractivity contribution is 5.90. The molecule has 1 aliphatic rings. The Morgan fingerprint density at radius 3 is 2.40 bits per heavy atom. The molecule has 0 saturated heterocycles. The molecular weight excluding hydrogens is 450 g/mol. The molecule has 0 aliphatic heterocycles. The number of ether oxygens (including phenoxy) is 1. The summed E-state index contributed by atoms with van der Waals surface area (Å²) in [6.07, 6.45) is 6.15. The molecule has 0 spiro atoms. The van der Waals surface area contributed by atoms with E-state index in [0.29, 0.717) is 28.5 Å². The van der Waals surface area contributed by atoms with Crippen LogP contribution >= 0.6 is 0 Å². The largest absolute Gasteiger partial charge is 0.490 e. The molecule has 35 heavy (non-hydrogen) atoms. The molecule has 1 aliphatic carbocycles. The van der Waals surface area contributed by atoms with Gasteiger partial charge < -0.3 is 20.7 Å². The molecule has 3 rings (SSSR count). The Morgan fingerprint density at radius 1 is 1.17 bits per heavy atom. The highest BCUT2D eigenvalue weighted by Gasteiger charge is 2.20. The highest BCUT2D eigenvalue weighted by Crippen LogP contribution is 2.35. The van der Waals surface area contributed by atoms with Gasteiger partial charge in [-0.2, -0.15) is 0 Å². The van der Waals surface area contributed by atoms with E-state index < -0.39 is 17.5 Å². The topological polar surface area (TPSA) is 74.8 Å². The number of hydrogen-bond donors (Lipinski definition) is 3. The number of nitrogens with one attached hydrogen (secondary N) is 3. The van der Waals surface area contributed by atoms with Crippen LogP contribution in [0, 0.1) is 5.82 Å². The van der Waals surface area contributed by atoms with Gasteiger partial charge in [-0.25, -0.2) is 13.6 Å². The van der Waals surface area contributed by atoms with Crippen molar-refractivity contribution in [3.8, 4) is 5.75 Å². The Labute approximate surface area is 205 Å². The van der Waals surface area contributed by atoms with Crippen molar-refractivity contribution in [3.63, 3.8) is 0 Å². The van der Waals surface area contributed by atoms with Crippen LogP contribution in [0.25, 0.3) is 5.70 Å². The number of hydrogen-bond acceptors (Lipinski definition) is 4. The second kappa shape index (κ2) is 11.8. The van der Waals surface area contributed by atoms with Gasteiger partial charge in [0.2, 0.25) is 0 Å². The fourth-order valence-electron chi connectivity index (χ4n) is 3.90. The zero-order valence-corrected chi connectivity index (χ0v) is 20.6. The van der Waals surface area contributed by atoms with E-state index in [1.54, 1.807) is 43.5 Å². The lowest BCUT2D eigenvalue weighted by atomic mass is 10.1. The molecule has 2 aromatic carbocycles. The number of amides is 2. The first-order valence-corrected chi connectivity index (χ1v) is 11.9. The van der Waals surface area contributed by atoms with Crippen molar-refractivity contribution in [3.05, 3.63) is 54.4 Å². The van der Waals surface area contributed by atoms with E-state index in [0.717, 1.165) is 25.7 Å². The molecule has 1 saturated carbocycles. The van der Waals surface area contributed by atoms with Crippen molar-refractivity contribution in [2.24, 2.45) is 4.99 Å². The summed E-state index contributed by atoms with van der Waals surface area (Å²) >= 11 is 0. The van der Waals surface area contributed by atoms with Gasteiger partial charge in [0.05, 0.1) is 17.4 Å². The van der Waals surface area contributed by atoms with E-state index >= 15 is 4.39 Å². The lowest BCUT2D eigenvalue weighted by Crippen LogP contribution is -2.32. The summed E-state index contributed by atoms with van der Waals surface area (Å²) in [5.74, 6) is 0.000318. The van der Waals surface area contributed by atoms with Crippen LogP contribution in [0.3, 0.4) is 0 Å². The summed E-state index contributed by atoms with van der Waals surface area (Å²) in [5, 5.41) is 8.42. The molecule has 2 aromatic rings. The third-order valence-corrected chi connectivity index (χ3v) is 5.66. The molecule has 0 aromatic heterocycles. The zero-order chi connectivity index (χ0) is 25.4. The van der Waals surface area contributed by atoms with Gasteiger partial charge in [-0.1, -0.05) is 6.58 Å². The van der Waals surface area contributed by atoms with Crippen LogP contribution < -0.4 is 20.7 Å². The molecule has 0 radical (unpaired) electrons. The van der Waals surface area contributed by atoms with Crippen LogP contribution in [0.5, 0.6) is 5.75 Å². The van der Waals surface area contributed by atoms with Gasteiger partial charge in [0.25, 0.3) is 0 Å². The number of urea groups is 1. The second-order valence-corrected chi connectivity index (χ2v) is 9.24. The number of benzene rings is 2. The number of alkyl halides is 1. The number of anilines is 2. The second-order valence-electron chi connectivity index (χ2n) is 9.24. The predicted molar refractivity (Wildman–Crippen MR) is 139 cm³/mol. The molecule has 0 atom stereocenters. The Morgan fingerprint density at radius 2 is 1.80 bits per heavy atom. The van der Waals surface area contributed by atoms with Crippen LogP contribution in [0.15, 0.2) is 48.0 Å². The minimum absolute atomic E-state index is 0.116.